The average molecular weight is 620 g/mol. The zero-order valence-corrected chi connectivity index (χ0v) is 26.1. The SMILES string of the molecule is c1ccc(CN2C[C@@H]3OCCOCCOc4ccc5ccccc5c4-c4c(ccc5ccccc45)OCCOCCO[C@H]3C2)cc1. The highest BCUT2D eigenvalue weighted by molar-refractivity contribution is 6.09. The second kappa shape index (κ2) is 15.1. The molecule has 1 saturated heterocycles. The Morgan fingerprint density at radius 2 is 0.957 bits per heavy atom. The molecule has 46 heavy (non-hydrogen) atoms. The summed E-state index contributed by atoms with van der Waals surface area (Å²) < 4.78 is 37.5. The first-order chi connectivity index (χ1) is 22.8. The highest BCUT2D eigenvalue weighted by Crippen LogP contribution is 2.45. The maximum absolute atomic E-state index is 6.45. The normalized spacial score (nSPS) is 20.6. The molecule has 0 radical (unpaired) electrons. The minimum atomic E-state index is -0.0241. The lowest BCUT2D eigenvalue weighted by molar-refractivity contribution is -0.0729. The molecule has 7 heteroatoms. The summed E-state index contributed by atoms with van der Waals surface area (Å²) in [4.78, 5) is 2.39. The van der Waals surface area contributed by atoms with Gasteiger partial charge >= 0.3 is 0 Å². The number of nitrogens with zero attached hydrogens (tertiary/aromatic N) is 1. The van der Waals surface area contributed by atoms with Gasteiger partial charge in [0, 0.05) is 30.8 Å². The molecular weight excluding hydrogens is 578 g/mol. The average Bonchev–Trinajstić information content (AvgIpc) is 3.47. The summed E-state index contributed by atoms with van der Waals surface area (Å²) in [6, 6.07) is 35.7. The Morgan fingerprint density at radius 1 is 0.478 bits per heavy atom. The Labute approximate surface area is 270 Å². The van der Waals surface area contributed by atoms with Crippen molar-refractivity contribution in [2.75, 3.05) is 65.9 Å². The third-order valence-electron chi connectivity index (χ3n) is 8.66. The predicted molar refractivity (Wildman–Crippen MR) is 181 cm³/mol. The van der Waals surface area contributed by atoms with E-state index in [0.717, 1.165) is 63.8 Å². The van der Waals surface area contributed by atoms with Gasteiger partial charge in [-0.1, -0.05) is 91.0 Å². The first-order valence-corrected chi connectivity index (χ1v) is 16.3. The number of benzene rings is 5. The molecule has 0 amide bonds. The zero-order chi connectivity index (χ0) is 31.0. The van der Waals surface area contributed by atoms with Crippen molar-refractivity contribution in [3.63, 3.8) is 0 Å². The fourth-order valence-electron chi connectivity index (χ4n) is 6.51. The smallest absolute Gasteiger partial charge is 0.128 e. The number of likely N-dealkylation sites (tertiary alicyclic amines) is 1. The summed E-state index contributed by atoms with van der Waals surface area (Å²) in [5, 5.41) is 4.50. The van der Waals surface area contributed by atoms with Crippen molar-refractivity contribution in [1.29, 1.82) is 0 Å². The van der Waals surface area contributed by atoms with E-state index in [1.165, 1.54) is 5.56 Å². The van der Waals surface area contributed by atoms with Crippen LogP contribution in [0.4, 0.5) is 0 Å². The highest BCUT2D eigenvalue weighted by Gasteiger charge is 2.34. The van der Waals surface area contributed by atoms with Gasteiger partial charge in [-0.2, -0.15) is 0 Å². The number of ether oxygens (including phenoxy) is 6. The number of hydrogen-bond acceptors (Lipinski definition) is 7. The molecule has 238 valence electrons. The summed E-state index contributed by atoms with van der Waals surface area (Å²) in [6.45, 7) is 6.21. The van der Waals surface area contributed by atoms with E-state index >= 15 is 0 Å². The molecule has 2 aliphatic heterocycles. The monoisotopic (exact) mass is 619 g/mol. The van der Waals surface area contributed by atoms with E-state index in [1.54, 1.807) is 0 Å². The van der Waals surface area contributed by atoms with Crippen LogP contribution >= 0.6 is 0 Å². The molecule has 0 spiro atoms. The van der Waals surface area contributed by atoms with E-state index in [4.69, 9.17) is 28.4 Å². The molecule has 0 saturated carbocycles. The van der Waals surface area contributed by atoms with E-state index in [9.17, 15) is 0 Å². The van der Waals surface area contributed by atoms with Crippen LogP contribution in [0.15, 0.2) is 103 Å². The second-order valence-corrected chi connectivity index (χ2v) is 11.7. The molecule has 0 bridgehead atoms. The predicted octanol–water partition coefficient (Wildman–Crippen LogP) is 6.75. The van der Waals surface area contributed by atoms with E-state index < -0.39 is 0 Å². The second-order valence-electron chi connectivity index (χ2n) is 11.7. The Hall–Kier alpha value is -3.98. The van der Waals surface area contributed by atoms with Crippen molar-refractivity contribution < 1.29 is 28.4 Å². The van der Waals surface area contributed by atoms with Crippen LogP contribution in [0.2, 0.25) is 0 Å². The quantitative estimate of drug-likeness (QED) is 0.217. The van der Waals surface area contributed by atoms with Gasteiger partial charge in [0.05, 0.1) is 51.8 Å². The zero-order valence-electron chi connectivity index (χ0n) is 26.1. The van der Waals surface area contributed by atoms with Crippen LogP contribution < -0.4 is 9.47 Å². The first-order valence-electron chi connectivity index (χ1n) is 16.3. The maximum atomic E-state index is 6.45. The maximum Gasteiger partial charge on any atom is 0.128 e. The first kappa shape index (κ1) is 30.7. The fraction of sp³-hybridized carbons (Fsp3) is 0.333. The molecule has 2 atom stereocenters. The van der Waals surface area contributed by atoms with Crippen LogP contribution in [-0.2, 0) is 25.5 Å². The lowest BCUT2D eigenvalue weighted by Crippen LogP contribution is -2.32. The Kier molecular flexibility index (Phi) is 10.0. The van der Waals surface area contributed by atoms with Gasteiger partial charge in [-0.25, -0.2) is 0 Å². The van der Waals surface area contributed by atoms with Crippen LogP contribution in [0.5, 0.6) is 11.5 Å². The number of hydrogen-bond donors (Lipinski definition) is 0. The topological polar surface area (TPSA) is 58.6 Å². The van der Waals surface area contributed by atoms with Crippen LogP contribution in [0.3, 0.4) is 0 Å². The fourth-order valence-corrected chi connectivity index (χ4v) is 6.51. The molecule has 0 unspecified atom stereocenters. The van der Waals surface area contributed by atoms with Gasteiger partial charge in [0.25, 0.3) is 0 Å². The van der Waals surface area contributed by atoms with E-state index in [2.05, 4.69) is 102 Å². The molecule has 0 aliphatic carbocycles. The van der Waals surface area contributed by atoms with Gasteiger partial charge in [0.15, 0.2) is 0 Å². The lowest BCUT2D eigenvalue weighted by atomic mass is 9.92. The van der Waals surface area contributed by atoms with Gasteiger partial charge in [-0.05, 0) is 39.2 Å². The lowest BCUT2D eigenvalue weighted by Gasteiger charge is -2.21. The van der Waals surface area contributed by atoms with Crippen molar-refractivity contribution >= 4 is 21.5 Å². The van der Waals surface area contributed by atoms with Gasteiger partial charge in [-0.3, -0.25) is 4.90 Å². The molecule has 0 aromatic heterocycles. The van der Waals surface area contributed by atoms with Crippen LogP contribution in [0.25, 0.3) is 32.7 Å². The highest BCUT2D eigenvalue weighted by atomic mass is 16.6. The van der Waals surface area contributed by atoms with Gasteiger partial charge in [-0.15, -0.1) is 0 Å². The molecule has 7 rings (SSSR count). The minimum absolute atomic E-state index is 0.0241. The van der Waals surface area contributed by atoms with Crippen molar-refractivity contribution in [3.8, 4) is 22.6 Å². The van der Waals surface area contributed by atoms with E-state index in [0.29, 0.717) is 52.9 Å². The van der Waals surface area contributed by atoms with E-state index in [-0.39, 0.29) is 12.2 Å². The van der Waals surface area contributed by atoms with Crippen molar-refractivity contribution in [2.24, 2.45) is 0 Å². The third-order valence-corrected chi connectivity index (χ3v) is 8.66. The van der Waals surface area contributed by atoms with Gasteiger partial charge < -0.3 is 28.4 Å². The summed E-state index contributed by atoms with van der Waals surface area (Å²) >= 11 is 0. The largest absolute Gasteiger partial charge is 0.491 e. The Bertz CT molecular complexity index is 1620. The molecule has 7 nitrogen and oxygen atoms in total. The standard InChI is InChI=1S/C39H41NO6/c1-2-8-29(9-3-1)26-40-27-36-37(28-40)46-25-21-42-19-23-44-35-17-15-31-11-5-7-13-33(31)39(35)38-32-12-6-4-10-30(32)14-16-34(38)43-22-18-41-20-24-45-36/h1-17,36-37H,18-28H2/t36-,37-/m0/s1. The van der Waals surface area contributed by atoms with Crippen LogP contribution in [0, 0.1) is 0 Å². The van der Waals surface area contributed by atoms with Crippen LogP contribution in [-0.4, -0.2) is 83.1 Å². The number of rotatable bonds is 2. The van der Waals surface area contributed by atoms with Crippen molar-refractivity contribution in [2.45, 2.75) is 18.8 Å². The summed E-state index contributed by atoms with van der Waals surface area (Å²) in [7, 11) is 0. The Balaban J connectivity index is 1.11. The van der Waals surface area contributed by atoms with Gasteiger partial charge in [0.1, 0.15) is 24.7 Å². The molecule has 0 N–H and O–H groups in total. The molecule has 5 aromatic carbocycles. The van der Waals surface area contributed by atoms with E-state index in [1.807, 2.05) is 6.07 Å². The Morgan fingerprint density at radius 3 is 1.50 bits per heavy atom. The number of fused-ring (bicyclic) bond motifs is 8. The van der Waals surface area contributed by atoms with Crippen LogP contribution in [0.1, 0.15) is 5.56 Å². The molecule has 5 aromatic rings. The molecule has 2 heterocycles. The van der Waals surface area contributed by atoms with Crippen molar-refractivity contribution in [3.05, 3.63) is 109 Å². The third kappa shape index (κ3) is 7.20. The molecule has 1 fully saturated rings. The summed E-state index contributed by atoms with van der Waals surface area (Å²) in [6.07, 6.45) is -0.0482. The van der Waals surface area contributed by atoms with Gasteiger partial charge in [0.2, 0.25) is 0 Å². The molecular formula is C39H41NO6. The summed E-state index contributed by atoms with van der Waals surface area (Å²) in [5.41, 5.74) is 3.32. The molecule has 2 aliphatic rings. The minimum Gasteiger partial charge on any atom is -0.491 e. The summed E-state index contributed by atoms with van der Waals surface area (Å²) in [5.74, 6) is 1.60. The van der Waals surface area contributed by atoms with Crippen molar-refractivity contribution in [1.82, 2.24) is 4.90 Å².